The Morgan fingerprint density at radius 2 is 2.03 bits per heavy atom. The molecule has 0 aliphatic rings. The fourth-order valence-electron chi connectivity index (χ4n) is 4.01. The molecule has 1 amide bonds. The summed E-state index contributed by atoms with van der Waals surface area (Å²) in [5.41, 5.74) is 8.76. The second-order valence-corrected chi connectivity index (χ2v) is 9.75. The average Bonchev–Trinajstić information content (AvgIpc) is 3.53. The minimum absolute atomic E-state index is 0.290. The van der Waals surface area contributed by atoms with Crippen LogP contribution in [0.5, 0.6) is 0 Å². The molecule has 0 unspecified atom stereocenters. The van der Waals surface area contributed by atoms with Gasteiger partial charge in [0.1, 0.15) is 17.8 Å². The maximum absolute atomic E-state index is 12.9. The fourth-order valence-corrected chi connectivity index (χ4v) is 4.31. The zero-order valence-corrected chi connectivity index (χ0v) is 21.1. The number of rotatable bonds is 6. The summed E-state index contributed by atoms with van der Waals surface area (Å²) < 4.78 is 8.57. The van der Waals surface area contributed by atoms with Crippen LogP contribution in [0.2, 0.25) is 5.02 Å². The van der Waals surface area contributed by atoms with Crippen LogP contribution in [0.15, 0.2) is 36.8 Å². The van der Waals surface area contributed by atoms with Gasteiger partial charge in [-0.15, -0.1) is 0 Å². The molecule has 12 heteroatoms. The van der Waals surface area contributed by atoms with Crippen molar-refractivity contribution in [2.45, 2.75) is 32.9 Å². The minimum Gasteiger partial charge on any atom is -0.383 e. The lowest BCUT2D eigenvalue weighted by Crippen LogP contribution is -2.23. The third-order valence-corrected chi connectivity index (χ3v) is 6.16. The molecular weight excluding hydrogens is 482 g/mol. The molecule has 4 N–H and O–H groups in total. The number of ether oxygens (including phenoxy) is 1. The standard InChI is InChI=1S/C24H26ClN9O2/c1-24(2,3)34-22-17(21(26)27-12-28-22)19(32-34)20-18(25)14-6-5-13(11-15(14)29-20)23(35)30-16-7-8-33(31-16)9-10-36-4/h5-8,11-12,29H,9-10H2,1-4H3,(H2,26,27,28)(H,30,31,35). The van der Waals surface area contributed by atoms with Crippen molar-refractivity contribution in [3.05, 3.63) is 47.4 Å². The van der Waals surface area contributed by atoms with Gasteiger partial charge in [0, 0.05) is 35.8 Å². The number of nitrogens with one attached hydrogen (secondary N) is 2. The Morgan fingerprint density at radius 3 is 2.78 bits per heavy atom. The molecular formula is C24H26ClN9O2. The summed E-state index contributed by atoms with van der Waals surface area (Å²) in [4.78, 5) is 24.8. The number of nitrogens with zero attached hydrogens (tertiary/aromatic N) is 6. The topological polar surface area (TPSA) is 142 Å². The number of amides is 1. The molecule has 36 heavy (non-hydrogen) atoms. The molecule has 0 spiro atoms. The Bertz CT molecular complexity index is 1590. The van der Waals surface area contributed by atoms with E-state index in [1.54, 1.807) is 42.3 Å². The Kier molecular flexibility index (Phi) is 5.89. The molecule has 0 saturated heterocycles. The number of aromatic amines is 1. The van der Waals surface area contributed by atoms with E-state index in [9.17, 15) is 4.79 Å². The third kappa shape index (κ3) is 4.16. The lowest BCUT2D eigenvalue weighted by molar-refractivity contribution is 0.102. The number of H-pyrrole nitrogens is 1. The summed E-state index contributed by atoms with van der Waals surface area (Å²) in [5.74, 6) is 0.475. The molecule has 0 aliphatic heterocycles. The Balaban J connectivity index is 1.52. The van der Waals surface area contributed by atoms with Crippen molar-refractivity contribution in [3.63, 3.8) is 0 Å². The molecule has 0 aliphatic carbocycles. The number of carbonyl (C=O) groups is 1. The van der Waals surface area contributed by atoms with Gasteiger partial charge < -0.3 is 20.8 Å². The molecule has 0 saturated carbocycles. The molecule has 4 heterocycles. The Hall–Kier alpha value is -3.96. The first-order valence-corrected chi connectivity index (χ1v) is 11.7. The van der Waals surface area contributed by atoms with E-state index in [-0.39, 0.29) is 11.4 Å². The van der Waals surface area contributed by atoms with E-state index in [1.807, 2.05) is 25.5 Å². The summed E-state index contributed by atoms with van der Waals surface area (Å²) in [5, 5.41) is 13.8. The van der Waals surface area contributed by atoms with Gasteiger partial charge in [0.05, 0.1) is 34.8 Å². The highest BCUT2D eigenvalue weighted by atomic mass is 35.5. The van der Waals surface area contributed by atoms with Crippen molar-refractivity contribution in [3.8, 4) is 11.4 Å². The molecule has 0 bridgehead atoms. The number of halogens is 1. The van der Waals surface area contributed by atoms with Crippen molar-refractivity contribution < 1.29 is 9.53 Å². The van der Waals surface area contributed by atoms with Gasteiger partial charge >= 0.3 is 0 Å². The van der Waals surface area contributed by atoms with Gasteiger partial charge in [-0.2, -0.15) is 10.2 Å². The summed E-state index contributed by atoms with van der Waals surface area (Å²) in [6, 6.07) is 6.99. The number of benzene rings is 1. The van der Waals surface area contributed by atoms with E-state index < -0.39 is 0 Å². The number of carbonyl (C=O) groups excluding carboxylic acids is 1. The summed E-state index contributed by atoms with van der Waals surface area (Å²) in [7, 11) is 1.63. The van der Waals surface area contributed by atoms with E-state index in [4.69, 9.17) is 27.2 Å². The van der Waals surface area contributed by atoms with Crippen LogP contribution < -0.4 is 11.1 Å². The SMILES string of the molecule is COCCn1ccc(NC(=O)c2ccc3c(Cl)c(-c4nn(C(C)(C)C)c5ncnc(N)c45)[nH]c3c2)n1. The van der Waals surface area contributed by atoms with Crippen LogP contribution in [-0.4, -0.2) is 54.1 Å². The third-order valence-electron chi connectivity index (χ3n) is 5.77. The van der Waals surface area contributed by atoms with Gasteiger partial charge in [-0.25, -0.2) is 14.6 Å². The lowest BCUT2D eigenvalue weighted by Gasteiger charge is -2.19. The van der Waals surface area contributed by atoms with E-state index in [1.165, 1.54) is 6.33 Å². The molecule has 5 aromatic rings. The highest BCUT2D eigenvalue weighted by Gasteiger charge is 2.26. The first-order chi connectivity index (χ1) is 17.2. The van der Waals surface area contributed by atoms with Crippen LogP contribution in [0.1, 0.15) is 31.1 Å². The normalized spacial score (nSPS) is 12.0. The number of fused-ring (bicyclic) bond motifs is 2. The van der Waals surface area contributed by atoms with E-state index in [2.05, 4.69) is 25.4 Å². The van der Waals surface area contributed by atoms with Crippen molar-refractivity contribution >= 4 is 51.1 Å². The highest BCUT2D eigenvalue weighted by Crippen LogP contribution is 2.39. The van der Waals surface area contributed by atoms with Crippen molar-refractivity contribution in [1.82, 2.24) is 34.5 Å². The predicted octanol–water partition coefficient (Wildman–Crippen LogP) is 4.06. The van der Waals surface area contributed by atoms with Crippen LogP contribution in [0.25, 0.3) is 33.3 Å². The summed E-state index contributed by atoms with van der Waals surface area (Å²) in [6.07, 6.45) is 3.20. The summed E-state index contributed by atoms with van der Waals surface area (Å²) >= 11 is 6.79. The van der Waals surface area contributed by atoms with Crippen molar-refractivity contribution in [2.75, 3.05) is 24.8 Å². The number of nitrogens with two attached hydrogens (primary N) is 1. The highest BCUT2D eigenvalue weighted by molar-refractivity contribution is 6.38. The first kappa shape index (κ1) is 23.8. The first-order valence-electron chi connectivity index (χ1n) is 11.3. The van der Waals surface area contributed by atoms with Crippen LogP contribution >= 0.6 is 11.6 Å². The second kappa shape index (κ2) is 8.92. The molecule has 4 aromatic heterocycles. The molecule has 11 nitrogen and oxygen atoms in total. The maximum atomic E-state index is 12.9. The minimum atomic E-state index is -0.350. The number of hydrogen-bond acceptors (Lipinski definition) is 7. The van der Waals surface area contributed by atoms with Crippen LogP contribution in [0.4, 0.5) is 11.6 Å². The van der Waals surface area contributed by atoms with E-state index in [0.717, 1.165) is 5.39 Å². The zero-order valence-electron chi connectivity index (χ0n) is 20.3. The molecule has 1 aromatic carbocycles. The number of hydrogen-bond donors (Lipinski definition) is 3. The van der Waals surface area contributed by atoms with Gasteiger partial charge in [0.25, 0.3) is 5.91 Å². The smallest absolute Gasteiger partial charge is 0.256 e. The predicted molar refractivity (Wildman–Crippen MR) is 139 cm³/mol. The lowest BCUT2D eigenvalue weighted by atomic mass is 10.1. The number of anilines is 2. The second-order valence-electron chi connectivity index (χ2n) is 9.37. The zero-order chi connectivity index (χ0) is 25.6. The maximum Gasteiger partial charge on any atom is 0.256 e. The van der Waals surface area contributed by atoms with Crippen molar-refractivity contribution in [2.24, 2.45) is 0 Å². The number of aromatic nitrogens is 7. The van der Waals surface area contributed by atoms with E-state index >= 15 is 0 Å². The van der Waals surface area contributed by atoms with Crippen LogP contribution in [-0.2, 0) is 16.8 Å². The monoisotopic (exact) mass is 507 g/mol. The molecule has 5 rings (SSSR count). The van der Waals surface area contributed by atoms with Crippen molar-refractivity contribution in [1.29, 1.82) is 0 Å². The Labute approximate surface area is 211 Å². The molecule has 186 valence electrons. The van der Waals surface area contributed by atoms with Crippen LogP contribution in [0.3, 0.4) is 0 Å². The van der Waals surface area contributed by atoms with E-state index in [0.29, 0.717) is 63.3 Å². The quantitative estimate of drug-likeness (QED) is 0.314. The fraction of sp³-hybridized carbons (Fsp3) is 0.292. The van der Waals surface area contributed by atoms with Gasteiger partial charge in [-0.1, -0.05) is 17.7 Å². The van der Waals surface area contributed by atoms with Gasteiger partial charge in [0.15, 0.2) is 11.5 Å². The molecule has 0 radical (unpaired) electrons. The average molecular weight is 508 g/mol. The van der Waals surface area contributed by atoms with Gasteiger partial charge in [-0.3, -0.25) is 9.48 Å². The Morgan fingerprint density at radius 1 is 1.22 bits per heavy atom. The number of nitrogen functional groups attached to an aromatic ring is 1. The number of methoxy groups -OCH3 is 1. The largest absolute Gasteiger partial charge is 0.383 e. The molecule has 0 fully saturated rings. The van der Waals surface area contributed by atoms with Gasteiger partial charge in [-0.05, 0) is 32.9 Å². The van der Waals surface area contributed by atoms with Crippen LogP contribution in [0, 0.1) is 0 Å². The summed E-state index contributed by atoms with van der Waals surface area (Å²) in [6.45, 7) is 7.21. The van der Waals surface area contributed by atoms with Gasteiger partial charge in [0.2, 0.25) is 0 Å². The molecule has 0 atom stereocenters.